The van der Waals surface area contributed by atoms with Gasteiger partial charge in [0.1, 0.15) is 4.88 Å². The first-order valence-corrected chi connectivity index (χ1v) is 7.92. The predicted molar refractivity (Wildman–Crippen MR) is 89.8 cm³/mol. The van der Waals surface area contributed by atoms with E-state index in [1.54, 1.807) is 13.8 Å². The number of hydrogen-bond donors (Lipinski definition) is 1. The first kappa shape index (κ1) is 16.2. The van der Waals surface area contributed by atoms with Gasteiger partial charge in [0.25, 0.3) is 0 Å². The highest BCUT2D eigenvalue weighted by molar-refractivity contribution is 7.17. The zero-order valence-electron chi connectivity index (χ0n) is 12.9. The van der Waals surface area contributed by atoms with E-state index in [2.05, 4.69) is 34.6 Å². The third-order valence-electron chi connectivity index (χ3n) is 3.04. The normalized spacial score (nSPS) is 12.3. The smallest absolute Gasteiger partial charge is 0.350 e. The molecule has 0 saturated carbocycles. The van der Waals surface area contributed by atoms with Crippen LogP contribution >= 0.6 is 11.3 Å². The number of hydrogen-bond acceptors (Lipinski definition) is 6. The number of rotatable bonds is 6. The molecule has 22 heavy (non-hydrogen) atoms. The molecule has 1 heterocycles. The summed E-state index contributed by atoms with van der Waals surface area (Å²) >= 11 is 1.24. The highest BCUT2D eigenvalue weighted by Gasteiger charge is 2.15. The van der Waals surface area contributed by atoms with E-state index < -0.39 is 0 Å². The van der Waals surface area contributed by atoms with Crippen LogP contribution in [0.1, 0.15) is 40.7 Å². The predicted octanol–water partition coefficient (Wildman–Crippen LogP) is 3.83. The molecule has 5 nitrogen and oxygen atoms in total. The van der Waals surface area contributed by atoms with Crippen molar-refractivity contribution in [3.05, 3.63) is 46.5 Å². The van der Waals surface area contributed by atoms with Gasteiger partial charge in [0.05, 0.1) is 12.3 Å². The molecule has 0 aliphatic carbocycles. The van der Waals surface area contributed by atoms with E-state index in [-0.39, 0.29) is 11.9 Å². The number of ether oxygens (including phenoxy) is 1. The summed E-state index contributed by atoms with van der Waals surface area (Å²) in [5.74, 6) is -0.147. The molecule has 1 atom stereocenters. The summed E-state index contributed by atoms with van der Waals surface area (Å²) in [5, 5.41) is 4.78. The molecule has 0 unspecified atom stereocenters. The SMILES string of the molecule is CCOC(=O)c1sc(N/N=C\[C@@H](C)c2ccccc2)nc1C. The highest BCUT2D eigenvalue weighted by atomic mass is 32.1. The molecular weight excluding hydrogens is 298 g/mol. The van der Waals surface area contributed by atoms with Crippen LogP contribution in [0.4, 0.5) is 5.13 Å². The molecule has 0 aliphatic rings. The molecule has 1 N–H and O–H groups in total. The van der Waals surface area contributed by atoms with Crippen molar-refractivity contribution >= 4 is 28.7 Å². The minimum absolute atomic E-state index is 0.194. The molecule has 0 fully saturated rings. The third-order valence-corrected chi connectivity index (χ3v) is 4.08. The van der Waals surface area contributed by atoms with Crippen molar-refractivity contribution in [2.75, 3.05) is 12.0 Å². The van der Waals surface area contributed by atoms with Crippen molar-refractivity contribution in [1.29, 1.82) is 0 Å². The number of hydrazone groups is 1. The van der Waals surface area contributed by atoms with Crippen molar-refractivity contribution in [3.8, 4) is 0 Å². The monoisotopic (exact) mass is 317 g/mol. The van der Waals surface area contributed by atoms with Crippen molar-refractivity contribution in [3.63, 3.8) is 0 Å². The highest BCUT2D eigenvalue weighted by Crippen LogP contribution is 2.23. The summed E-state index contributed by atoms with van der Waals surface area (Å²) in [5.41, 5.74) is 4.71. The Labute approximate surface area is 134 Å². The zero-order chi connectivity index (χ0) is 15.9. The molecule has 0 amide bonds. The van der Waals surface area contributed by atoms with Gasteiger partial charge >= 0.3 is 5.97 Å². The van der Waals surface area contributed by atoms with E-state index in [1.807, 2.05) is 24.4 Å². The van der Waals surface area contributed by atoms with Crippen molar-refractivity contribution < 1.29 is 9.53 Å². The number of nitrogens with one attached hydrogen (secondary N) is 1. The maximum Gasteiger partial charge on any atom is 0.350 e. The Hall–Kier alpha value is -2.21. The lowest BCUT2D eigenvalue weighted by Gasteiger charge is -2.04. The van der Waals surface area contributed by atoms with Crippen molar-refractivity contribution in [1.82, 2.24) is 4.98 Å². The Kier molecular flexibility index (Phi) is 5.66. The number of carbonyl (C=O) groups excluding carboxylic acids is 1. The van der Waals surface area contributed by atoms with Crippen LogP contribution in [0.25, 0.3) is 0 Å². The van der Waals surface area contributed by atoms with Crippen LogP contribution < -0.4 is 5.43 Å². The fourth-order valence-electron chi connectivity index (χ4n) is 1.88. The summed E-state index contributed by atoms with van der Waals surface area (Å²) < 4.78 is 4.99. The maximum absolute atomic E-state index is 11.7. The second-order valence-electron chi connectivity index (χ2n) is 4.74. The van der Waals surface area contributed by atoms with Gasteiger partial charge in [-0.1, -0.05) is 48.6 Å². The summed E-state index contributed by atoms with van der Waals surface area (Å²) in [6.07, 6.45) is 1.82. The number of thiazole rings is 1. The van der Waals surface area contributed by atoms with Crippen molar-refractivity contribution in [2.45, 2.75) is 26.7 Å². The van der Waals surface area contributed by atoms with Gasteiger partial charge in [-0.15, -0.1) is 0 Å². The number of aromatic nitrogens is 1. The van der Waals surface area contributed by atoms with Crippen LogP contribution in [0.3, 0.4) is 0 Å². The summed E-state index contributed by atoms with van der Waals surface area (Å²) in [6.45, 7) is 5.98. The Morgan fingerprint density at radius 3 is 2.86 bits per heavy atom. The second kappa shape index (κ2) is 7.70. The van der Waals surface area contributed by atoms with E-state index in [0.29, 0.717) is 22.3 Å². The van der Waals surface area contributed by atoms with E-state index in [0.717, 1.165) is 0 Å². The van der Waals surface area contributed by atoms with Gasteiger partial charge in [-0.3, -0.25) is 5.43 Å². The number of benzene rings is 1. The quantitative estimate of drug-likeness (QED) is 0.499. The van der Waals surface area contributed by atoms with E-state index in [4.69, 9.17) is 4.74 Å². The number of aryl methyl sites for hydroxylation is 1. The molecule has 0 saturated heterocycles. The lowest BCUT2D eigenvalue weighted by Crippen LogP contribution is -2.03. The topological polar surface area (TPSA) is 63.6 Å². The van der Waals surface area contributed by atoms with Crippen LogP contribution in [-0.2, 0) is 4.74 Å². The second-order valence-corrected chi connectivity index (χ2v) is 5.74. The van der Waals surface area contributed by atoms with E-state index >= 15 is 0 Å². The fourth-order valence-corrected chi connectivity index (χ4v) is 2.69. The number of esters is 1. The van der Waals surface area contributed by atoms with Crippen LogP contribution in [0.15, 0.2) is 35.4 Å². The lowest BCUT2D eigenvalue weighted by atomic mass is 10.0. The number of nitrogens with zero attached hydrogens (tertiary/aromatic N) is 2. The first-order chi connectivity index (χ1) is 10.6. The molecule has 1 aromatic heterocycles. The van der Waals surface area contributed by atoms with E-state index in [1.165, 1.54) is 16.9 Å². The molecule has 6 heteroatoms. The first-order valence-electron chi connectivity index (χ1n) is 7.10. The van der Waals surface area contributed by atoms with Gasteiger partial charge in [-0.2, -0.15) is 5.10 Å². The Morgan fingerprint density at radius 2 is 2.18 bits per heavy atom. The van der Waals surface area contributed by atoms with Crippen LogP contribution in [0.2, 0.25) is 0 Å². The van der Waals surface area contributed by atoms with Crippen LogP contribution in [0.5, 0.6) is 0 Å². The lowest BCUT2D eigenvalue weighted by molar-refractivity contribution is 0.0531. The van der Waals surface area contributed by atoms with Gasteiger partial charge in [-0.25, -0.2) is 9.78 Å². The van der Waals surface area contributed by atoms with E-state index in [9.17, 15) is 4.79 Å². The molecule has 0 radical (unpaired) electrons. The largest absolute Gasteiger partial charge is 0.462 e. The summed E-state index contributed by atoms with van der Waals surface area (Å²) in [6, 6.07) is 10.1. The van der Waals surface area contributed by atoms with Gasteiger partial charge < -0.3 is 4.74 Å². The van der Waals surface area contributed by atoms with Gasteiger partial charge in [0.2, 0.25) is 5.13 Å². The zero-order valence-corrected chi connectivity index (χ0v) is 13.7. The minimum atomic E-state index is -0.341. The molecular formula is C16H19N3O2S. The van der Waals surface area contributed by atoms with Gasteiger partial charge in [0, 0.05) is 12.1 Å². The van der Waals surface area contributed by atoms with Gasteiger partial charge in [0.15, 0.2) is 0 Å². The Morgan fingerprint density at radius 1 is 1.45 bits per heavy atom. The van der Waals surface area contributed by atoms with Crippen molar-refractivity contribution in [2.24, 2.45) is 5.10 Å². The number of carbonyl (C=O) groups is 1. The molecule has 0 spiro atoms. The van der Waals surface area contributed by atoms with Gasteiger partial charge in [-0.05, 0) is 19.4 Å². The molecule has 116 valence electrons. The van der Waals surface area contributed by atoms with Crippen LogP contribution in [-0.4, -0.2) is 23.8 Å². The maximum atomic E-state index is 11.7. The fraction of sp³-hybridized carbons (Fsp3) is 0.312. The third kappa shape index (κ3) is 4.14. The molecule has 0 bridgehead atoms. The molecule has 2 rings (SSSR count). The number of anilines is 1. The standard InChI is InChI=1S/C16H19N3O2S/c1-4-21-15(20)14-12(3)18-16(22-14)19-17-10-11(2)13-8-6-5-7-9-13/h5-11H,4H2,1-3H3,(H,18,19)/b17-10-/t11-/m1/s1. The van der Waals surface area contributed by atoms with Crippen LogP contribution in [0, 0.1) is 6.92 Å². The Bertz CT molecular complexity index is 653. The Balaban J connectivity index is 1.98. The summed E-state index contributed by atoms with van der Waals surface area (Å²) in [4.78, 5) is 16.5. The molecule has 1 aromatic carbocycles. The average Bonchev–Trinajstić information content (AvgIpc) is 2.89. The minimum Gasteiger partial charge on any atom is -0.462 e. The summed E-state index contributed by atoms with van der Waals surface area (Å²) in [7, 11) is 0. The average molecular weight is 317 g/mol. The molecule has 0 aliphatic heterocycles. The molecule has 2 aromatic rings.